The highest BCUT2D eigenvalue weighted by atomic mass is 16.6. The highest BCUT2D eigenvalue weighted by Gasteiger charge is 2.79. The molecule has 1 aromatic carbocycles. The van der Waals surface area contributed by atoms with Crippen molar-refractivity contribution in [1.82, 2.24) is 4.90 Å². The standard InChI is InChI=1S/C28H40N2O6/c1-7-27-12-13-28(36-27)20(21(27)26(34)35-8-2)25(33)30(19(15-31)14-16(3)4)23(28)24(32)29-22-17(5)10-9-11-18(22)6/h9-11,16,19-21,23,31H,7-8,12-15H2,1-6H3,(H,29,32)/t19-,20+,21+,23?,27-,28?/m1/s1. The van der Waals surface area contributed by atoms with Gasteiger partial charge in [-0.1, -0.05) is 39.0 Å². The van der Waals surface area contributed by atoms with Gasteiger partial charge in [-0.2, -0.15) is 0 Å². The maximum atomic E-state index is 14.2. The Morgan fingerprint density at radius 1 is 1.22 bits per heavy atom. The number of aliphatic hydroxyl groups is 1. The van der Waals surface area contributed by atoms with Crippen molar-refractivity contribution in [3.05, 3.63) is 29.3 Å². The third kappa shape index (κ3) is 3.93. The molecule has 2 unspecified atom stereocenters. The van der Waals surface area contributed by atoms with Crippen LogP contribution in [0.5, 0.6) is 0 Å². The Kier molecular flexibility index (Phi) is 7.23. The minimum atomic E-state index is -1.14. The summed E-state index contributed by atoms with van der Waals surface area (Å²) in [5, 5.41) is 13.4. The van der Waals surface area contributed by atoms with Crippen LogP contribution in [0.2, 0.25) is 0 Å². The molecule has 4 rings (SSSR count). The molecule has 6 atom stereocenters. The number of para-hydroxylation sites is 1. The van der Waals surface area contributed by atoms with Crippen molar-refractivity contribution in [2.75, 3.05) is 18.5 Å². The SMILES string of the molecule is CCOC(=O)[C@@H]1[C@H]2C(=O)N([C@@H](CO)CC(C)C)C(C(=O)Nc3c(C)cccc3C)C23CC[C@@]1(CC)O3. The van der Waals surface area contributed by atoms with Crippen LogP contribution in [0.1, 0.15) is 64.5 Å². The number of aryl methyl sites for hydroxylation is 2. The van der Waals surface area contributed by atoms with Gasteiger partial charge in [-0.25, -0.2) is 0 Å². The van der Waals surface area contributed by atoms with Crippen molar-refractivity contribution in [3.63, 3.8) is 0 Å². The van der Waals surface area contributed by atoms with Crippen LogP contribution in [0.25, 0.3) is 0 Å². The van der Waals surface area contributed by atoms with Crippen molar-refractivity contribution >= 4 is 23.5 Å². The number of hydrogen-bond acceptors (Lipinski definition) is 6. The van der Waals surface area contributed by atoms with E-state index in [1.807, 2.05) is 52.8 Å². The summed E-state index contributed by atoms with van der Waals surface area (Å²) in [4.78, 5) is 43.1. The molecule has 3 saturated heterocycles. The summed E-state index contributed by atoms with van der Waals surface area (Å²) in [7, 11) is 0. The van der Waals surface area contributed by atoms with E-state index in [0.29, 0.717) is 31.4 Å². The van der Waals surface area contributed by atoms with Crippen LogP contribution in [0.4, 0.5) is 5.69 Å². The summed E-state index contributed by atoms with van der Waals surface area (Å²) in [6, 6.07) is 4.27. The van der Waals surface area contributed by atoms with E-state index in [4.69, 9.17) is 9.47 Å². The smallest absolute Gasteiger partial charge is 0.312 e. The van der Waals surface area contributed by atoms with Gasteiger partial charge in [0.05, 0.1) is 30.8 Å². The summed E-state index contributed by atoms with van der Waals surface area (Å²) < 4.78 is 12.2. The second-order valence-electron chi connectivity index (χ2n) is 11.1. The molecule has 2 amide bonds. The maximum absolute atomic E-state index is 14.2. The molecule has 36 heavy (non-hydrogen) atoms. The molecule has 3 heterocycles. The molecule has 3 aliphatic rings. The van der Waals surface area contributed by atoms with Crippen LogP contribution in [-0.2, 0) is 23.9 Å². The number of amides is 2. The van der Waals surface area contributed by atoms with Crippen LogP contribution >= 0.6 is 0 Å². The van der Waals surface area contributed by atoms with E-state index in [1.54, 1.807) is 6.92 Å². The minimum Gasteiger partial charge on any atom is -0.466 e. The molecule has 0 radical (unpaired) electrons. The Balaban J connectivity index is 1.82. The highest BCUT2D eigenvalue weighted by molar-refractivity contribution is 6.04. The fourth-order valence-corrected chi connectivity index (χ4v) is 6.96. The lowest BCUT2D eigenvalue weighted by Gasteiger charge is -2.38. The Labute approximate surface area is 213 Å². The third-order valence-electron chi connectivity index (χ3n) is 8.48. The second-order valence-corrected chi connectivity index (χ2v) is 11.1. The second kappa shape index (κ2) is 9.78. The predicted octanol–water partition coefficient (Wildman–Crippen LogP) is 3.37. The Morgan fingerprint density at radius 3 is 2.44 bits per heavy atom. The third-order valence-corrected chi connectivity index (χ3v) is 8.48. The summed E-state index contributed by atoms with van der Waals surface area (Å²) in [5.41, 5.74) is 0.567. The monoisotopic (exact) mass is 500 g/mol. The molecule has 2 N–H and O–H groups in total. The van der Waals surface area contributed by atoms with Crippen molar-refractivity contribution < 1.29 is 29.0 Å². The molecule has 1 spiro atoms. The topological polar surface area (TPSA) is 105 Å². The predicted molar refractivity (Wildman–Crippen MR) is 135 cm³/mol. The number of benzene rings is 1. The first-order valence-corrected chi connectivity index (χ1v) is 13.2. The Morgan fingerprint density at radius 2 is 1.89 bits per heavy atom. The van der Waals surface area contributed by atoms with E-state index < -0.39 is 41.1 Å². The van der Waals surface area contributed by atoms with Crippen molar-refractivity contribution in [1.29, 1.82) is 0 Å². The van der Waals surface area contributed by atoms with Gasteiger partial charge in [-0.05, 0) is 63.5 Å². The maximum Gasteiger partial charge on any atom is 0.312 e. The molecule has 2 bridgehead atoms. The molecule has 198 valence electrons. The van der Waals surface area contributed by atoms with Gasteiger partial charge in [-0.15, -0.1) is 0 Å². The number of likely N-dealkylation sites (tertiary alicyclic amines) is 1. The number of fused-ring (bicyclic) bond motifs is 1. The number of esters is 1. The highest BCUT2D eigenvalue weighted by Crippen LogP contribution is 2.64. The van der Waals surface area contributed by atoms with Crippen molar-refractivity contribution in [3.8, 4) is 0 Å². The normalized spacial score (nSPS) is 31.6. The molecule has 0 aliphatic carbocycles. The molecule has 3 fully saturated rings. The van der Waals surface area contributed by atoms with Crippen molar-refractivity contribution in [2.24, 2.45) is 17.8 Å². The van der Waals surface area contributed by atoms with Gasteiger partial charge in [0.2, 0.25) is 11.8 Å². The number of ether oxygens (including phenoxy) is 2. The lowest BCUT2D eigenvalue weighted by Crippen LogP contribution is -2.56. The Hall–Kier alpha value is -2.45. The van der Waals surface area contributed by atoms with Crippen LogP contribution in [0.15, 0.2) is 18.2 Å². The molecule has 1 aromatic rings. The number of aliphatic hydroxyl groups excluding tert-OH is 1. The first-order valence-electron chi connectivity index (χ1n) is 13.2. The molecule has 8 heteroatoms. The van der Waals surface area contributed by atoms with Gasteiger partial charge in [0.25, 0.3) is 0 Å². The van der Waals surface area contributed by atoms with E-state index in [0.717, 1.165) is 11.1 Å². The first-order chi connectivity index (χ1) is 17.1. The van der Waals surface area contributed by atoms with E-state index in [-0.39, 0.29) is 30.9 Å². The van der Waals surface area contributed by atoms with Gasteiger partial charge in [0, 0.05) is 5.69 Å². The van der Waals surface area contributed by atoms with Gasteiger partial charge in [0.1, 0.15) is 17.6 Å². The zero-order valence-electron chi connectivity index (χ0n) is 22.3. The minimum absolute atomic E-state index is 0.190. The lowest BCUT2D eigenvalue weighted by atomic mass is 9.65. The van der Waals surface area contributed by atoms with E-state index in [9.17, 15) is 19.5 Å². The number of carbonyl (C=O) groups excluding carboxylic acids is 3. The first kappa shape index (κ1) is 26.6. The molecular formula is C28H40N2O6. The van der Waals surface area contributed by atoms with Gasteiger partial charge < -0.3 is 24.8 Å². The lowest BCUT2D eigenvalue weighted by molar-refractivity contribution is -0.161. The summed E-state index contributed by atoms with van der Waals surface area (Å²) in [5.74, 6) is -2.50. The van der Waals surface area contributed by atoms with E-state index in [2.05, 4.69) is 5.32 Å². The zero-order chi connectivity index (χ0) is 26.4. The van der Waals surface area contributed by atoms with Gasteiger partial charge in [-0.3, -0.25) is 14.4 Å². The van der Waals surface area contributed by atoms with E-state index in [1.165, 1.54) is 4.90 Å². The number of carbonyl (C=O) groups is 3. The van der Waals surface area contributed by atoms with Gasteiger partial charge >= 0.3 is 5.97 Å². The average molecular weight is 501 g/mol. The number of hydrogen-bond donors (Lipinski definition) is 2. The Bertz CT molecular complexity index is 1020. The zero-order valence-corrected chi connectivity index (χ0v) is 22.3. The molecule has 0 saturated carbocycles. The summed E-state index contributed by atoms with van der Waals surface area (Å²) in [6.45, 7) is 11.5. The fraction of sp³-hybridized carbons (Fsp3) is 0.679. The molecule has 3 aliphatic heterocycles. The van der Waals surface area contributed by atoms with Gasteiger partial charge in [0.15, 0.2) is 0 Å². The number of nitrogens with one attached hydrogen (secondary N) is 1. The average Bonchev–Trinajstić information content (AvgIpc) is 3.43. The van der Waals surface area contributed by atoms with Crippen LogP contribution < -0.4 is 5.32 Å². The molecule has 8 nitrogen and oxygen atoms in total. The number of nitrogens with zero attached hydrogens (tertiary/aromatic N) is 1. The van der Waals surface area contributed by atoms with E-state index >= 15 is 0 Å². The summed E-state index contributed by atoms with van der Waals surface area (Å²) in [6.07, 6.45) is 2.14. The number of anilines is 1. The van der Waals surface area contributed by atoms with Crippen LogP contribution in [0, 0.1) is 31.6 Å². The molecule has 0 aromatic heterocycles. The quantitative estimate of drug-likeness (QED) is 0.504. The number of rotatable bonds is 9. The molecular weight excluding hydrogens is 460 g/mol. The van der Waals surface area contributed by atoms with Crippen LogP contribution in [-0.4, -0.2) is 64.3 Å². The fourth-order valence-electron chi connectivity index (χ4n) is 6.96. The summed E-state index contributed by atoms with van der Waals surface area (Å²) >= 11 is 0. The van der Waals surface area contributed by atoms with Crippen molar-refractivity contribution in [2.45, 2.75) is 90.5 Å². The van der Waals surface area contributed by atoms with Crippen LogP contribution in [0.3, 0.4) is 0 Å². The largest absolute Gasteiger partial charge is 0.466 e.